The lowest BCUT2D eigenvalue weighted by Crippen LogP contribution is -2.48. The lowest BCUT2D eigenvalue weighted by Gasteiger charge is -2.34. The standard InChI is InChI=1S/C24H22BrN3O4/c25-19-2-1-3-20(13-19)32-23-7-5-18(14-26-23)24(29)28-10-8-27(9-11-28)15-17-4-6-21-22(12-17)31-16-30-21/h1-7,12-14H,8-11,15-16H2. The van der Waals surface area contributed by atoms with Crippen molar-refractivity contribution >= 4 is 21.8 Å². The molecule has 5 rings (SSSR count). The summed E-state index contributed by atoms with van der Waals surface area (Å²) in [5.74, 6) is 2.73. The first-order chi connectivity index (χ1) is 15.6. The van der Waals surface area contributed by atoms with Crippen molar-refractivity contribution in [3.8, 4) is 23.1 Å². The Balaban J connectivity index is 1.15. The van der Waals surface area contributed by atoms with Crippen LogP contribution in [0.4, 0.5) is 0 Å². The number of hydrogen-bond donors (Lipinski definition) is 0. The predicted molar refractivity (Wildman–Crippen MR) is 122 cm³/mol. The zero-order valence-electron chi connectivity index (χ0n) is 17.4. The number of hydrogen-bond acceptors (Lipinski definition) is 6. The molecule has 2 aromatic carbocycles. The third-order valence-electron chi connectivity index (χ3n) is 5.50. The van der Waals surface area contributed by atoms with Crippen molar-refractivity contribution < 1.29 is 19.0 Å². The summed E-state index contributed by atoms with van der Waals surface area (Å²) in [7, 11) is 0. The Bertz CT molecular complexity index is 1110. The number of piperazine rings is 1. The number of carbonyl (C=O) groups excluding carboxylic acids is 1. The van der Waals surface area contributed by atoms with E-state index in [1.807, 2.05) is 41.3 Å². The van der Waals surface area contributed by atoms with Crippen molar-refractivity contribution in [3.63, 3.8) is 0 Å². The molecule has 0 saturated carbocycles. The van der Waals surface area contributed by atoms with E-state index in [0.29, 0.717) is 30.3 Å². The van der Waals surface area contributed by atoms with E-state index >= 15 is 0 Å². The summed E-state index contributed by atoms with van der Waals surface area (Å²) < 4.78 is 17.5. The second kappa shape index (κ2) is 9.18. The van der Waals surface area contributed by atoms with Crippen molar-refractivity contribution in [3.05, 3.63) is 76.4 Å². The van der Waals surface area contributed by atoms with Crippen molar-refractivity contribution in [2.24, 2.45) is 0 Å². The van der Waals surface area contributed by atoms with E-state index in [9.17, 15) is 4.79 Å². The molecule has 0 radical (unpaired) electrons. The number of fused-ring (bicyclic) bond motifs is 1. The lowest BCUT2D eigenvalue weighted by molar-refractivity contribution is 0.0628. The first-order valence-electron chi connectivity index (χ1n) is 10.4. The zero-order valence-corrected chi connectivity index (χ0v) is 19.0. The monoisotopic (exact) mass is 495 g/mol. The predicted octanol–water partition coefficient (Wildman–Crippen LogP) is 4.32. The fraction of sp³-hybridized carbons (Fsp3) is 0.250. The SMILES string of the molecule is O=C(c1ccc(Oc2cccc(Br)c2)nc1)N1CCN(Cc2ccc3c(c2)OCO3)CC1. The Hall–Kier alpha value is -3.10. The maximum atomic E-state index is 12.9. The van der Waals surface area contributed by atoms with E-state index in [-0.39, 0.29) is 12.7 Å². The van der Waals surface area contributed by atoms with Gasteiger partial charge in [0.25, 0.3) is 5.91 Å². The fourth-order valence-electron chi connectivity index (χ4n) is 3.81. The van der Waals surface area contributed by atoms with Gasteiger partial charge in [-0.2, -0.15) is 0 Å². The van der Waals surface area contributed by atoms with Crippen LogP contribution in [-0.4, -0.2) is 53.7 Å². The van der Waals surface area contributed by atoms with Crippen LogP contribution in [0.2, 0.25) is 0 Å². The average molecular weight is 496 g/mol. The van der Waals surface area contributed by atoms with Crippen molar-refractivity contribution in [1.82, 2.24) is 14.8 Å². The summed E-state index contributed by atoms with van der Waals surface area (Å²) >= 11 is 3.42. The van der Waals surface area contributed by atoms with Gasteiger partial charge in [-0.1, -0.05) is 28.1 Å². The highest BCUT2D eigenvalue weighted by atomic mass is 79.9. The molecule has 3 aromatic rings. The molecule has 2 aliphatic rings. The Morgan fingerprint density at radius 1 is 1.00 bits per heavy atom. The van der Waals surface area contributed by atoms with Gasteiger partial charge < -0.3 is 19.1 Å². The average Bonchev–Trinajstić information content (AvgIpc) is 3.28. The summed E-state index contributed by atoms with van der Waals surface area (Å²) in [4.78, 5) is 21.4. The van der Waals surface area contributed by atoms with Gasteiger partial charge in [0.2, 0.25) is 12.7 Å². The Morgan fingerprint density at radius 2 is 1.84 bits per heavy atom. The van der Waals surface area contributed by atoms with Crippen molar-refractivity contribution in [1.29, 1.82) is 0 Å². The smallest absolute Gasteiger partial charge is 0.255 e. The number of pyridine rings is 1. The van der Waals surface area contributed by atoms with Gasteiger partial charge >= 0.3 is 0 Å². The minimum absolute atomic E-state index is 0.00534. The third-order valence-corrected chi connectivity index (χ3v) is 6.00. The van der Waals surface area contributed by atoms with E-state index < -0.39 is 0 Å². The number of rotatable bonds is 5. The molecule has 0 unspecified atom stereocenters. The van der Waals surface area contributed by atoms with Crippen LogP contribution >= 0.6 is 15.9 Å². The number of nitrogens with zero attached hydrogens (tertiary/aromatic N) is 3. The van der Waals surface area contributed by atoms with E-state index in [0.717, 1.165) is 35.6 Å². The molecule has 2 aliphatic heterocycles. The molecule has 0 spiro atoms. The molecule has 0 atom stereocenters. The van der Waals surface area contributed by atoms with Crippen LogP contribution in [-0.2, 0) is 6.54 Å². The number of halogens is 1. The largest absolute Gasteiger partial charge is 0.454 e. The van der Waals surface area contributed by atoms with Crippen molar-refractivity contribution in [2.75, 3.05) is 33.0 Å². The van der Waals surface area contributed by atoms with Gasteiger partial charge in [-0.05, 0) is 42.0 Å². The van der Waals surface area contributed by atoms with Gasteiger partial charge in [-0.15, -0.1) is 0 Å². The maximum absolute atomic E-state index is 12.9. The topological polar surface area (TPSA) is 64.1 Å². The molecule has 164 valence electrons. The molecule has 8 heteroatoms. The number of amides is 1. The van der Waals surface area contributed by atoms with Gasteiger partial charge in [0, 0.05) is 49.5 Å². The fourth-order valence-corrected chi connectivity index (χ4v) is 4.19. The highest BCUT2D eigenvalue weighted by Crippen LogP contribution is 2.33. The first kappa shape index (κ1) is 20.8. The molecule has 32 heavy (non-hydrogen) atoms. The summed E-state index contributed by atoms with van der Waals surface area (Å²) in [6, 6.07) is 17.1. The molecule has 0 bridgehead atoms. The summed E-state index contributed by atoms with van der Waals surface area (Å²) in [5.41, 5.74) is 1.75. The van der Waals surface area contributed by atoms with E-state index in [1.165, 1.54) is 5.56 Å². The normalized spacial score (nSPS) is 15.6. The number of ether oxygens (including phenoxy) is 3. The molecular formula is C24H22BrN3O4. The van der Waals surface area contributed by atoms with Gasteiger partial charge in [-0.3, -0.25) is 9.69 Å². The second-order valence-electron chi connectivity index (χ2n) is 7.70. The summed E-state index contributed by atoms with van der Waals surface area (Å²) in [6.45, 7) is 4.10. The molecule has 1 saturated heterocycles. The van der Waals surface area contributed by atoms with Gasteiger partial charge in [-0.25, -0.2) is 4.98 Å². The molecule has 1 fully saturated rings. The quantitative estimate of drug-likeness (QED) is 0.525. The number of benzene rings is 2. The third kappa shape index (κ3) is 4.71. The van der Waals surface area contributed by atoms with E-state index in [2.05, 4.69) is 31.9 Å². The van der Waals surface area contributed by atoms with E-state index in [1.54, 1.807) is 18.3 Å². The molecule has 3 heterocycles. The Labute approximate surface area is 194 Å². The van der Waals surface area contributed by atoms with Crippen LogP contribution in [0.25, 0.3) is 0 Å². The first-order valence-corrected chi connectivity index (χ1v) is 11.2. The lowest BCUT2D eigenvalue weighted by atomic mass is 10.1. The zero-order chi connectivity index (χ0) is 21.9. The minimum atomic E-state index is -0.00534. The molecule has 1 aromatic heterocycles. The maximum Gasteiger partial charge on any atom is 0.255 e. The highest BCUT2D eigenvalue weighted by Gasteiger charge is 2.23. The minimum Gasteiger partial charge on any atom is -0.454 e. The Kier molecular flexibility index (Phi) is 5.96. The van der Waals surface area contributed by atoms with Crippen LogP contribution in [0.15, 0.2) is 65.3 Å². The van der Waals surface area contributed by atoms with Gasteiger partial charge in [0.05, 0.1) is 5.56 Å². The van der Waals surface area contributed by atoms with Gasteiger partial charge in [0.1, 0.15) is 5.75 Å². The van der Waals surface area contributed by atoms with Gasteiger partial charge in [0.15, 0.2) is 11.5 Å². The van der Waals surface area contributed by atoms with Crippen LogP contribution in [0.5, 0.6) is 23.1 Å². The molecule has 7 nitrogen and oxygen atoms in total. The van der Waals surface area contributed by atoms with Crippen LogP contribution < -0.4 is 14.2 Å². The summed E-state index contributed by atoms with van der Waals surface area (Å²) in [5, 5.41) is 0. The van der Waals surface area contributed by atoms with Crippen LogP contribution in [0.1, 0.15) is 15.9 Å². The summed E-state index contributed by atoms with van der Waals surface area (Å²) in [6.07, 6.45) is 1.58. The highest BCUT2D eigenvalue weighted by molar-refractivity contribution is 9.10. The molecule has 1 amide bonds. The number of carbonyl (C=O) groups is 1. The Morgan fingerprint density at radius 3 is 2.62 bits per heavy atom. The molecule has 0 N–H and O–H groups in total. The molecule has 0 aliphatic carbocycles. The van der Waals surface area contributed by atoms with E-state index in [4.69, 9.17) is 14.2 Å². The van der Waals surface area contributed by atoms with Crippen LogP contribution in [0.3, 0.4) is 0 Å². The second-order valence-corrected chi connectivity index (χ2v) is 8.62. The van der Waals surface area contributed by atoms with Crippen LogP contribution in [0, 0.1) is 0 Å². The molecular weight excluding hydrogens is 474 g/mol. The number of aromatic nitrogens is 1. The van der Waals surface area contributed by atoms with Crippen molar-refractivity contribution in [2.45, 2.75) is 6.54 Å².